The van der Waals surface area contributed by atoms with Crippen LogP contribution in [-0.4, -0.2) is 95.1 Å². The van der Waals surface area contributed by atoms with E-state index in [-0.39, 0.29) is 13.0 Å². The highest BCUT2D eigenvalue weighted by atomic mass is 16.4. The Kier molecular flexibility index (Phi) is 16.4. The van der Waals surface area contributed by atoms with Gasteiger partial charge in [-0.2, -0.15) is 0 Å². The maximum absolute atomic E-state index is 13.0. The van der Waals surface area contributed by atoms with Gasteiger partial charge in [0.2, 0.25) is 47.3 Å². The fraction of sp³-hybridized carbons (Fsp3) is 0.591. The van der Waals surface area contributed by atoms with Crippen LogP contribution in [0.1, 0.15) is 44.9 Å². The zero-order valence-corrected chi connectivity index (χ0v) is 22.6. The van der Waals surface area contributed by atoms with E-state index < -0.39 is 109 Å². The first-order valence-corrected chi connectivity index (χ1v) is 12.5. The first-order valence-electron chi connectivity index (χ1n) is 12.5. The van der Waals surface area contributed by atoms with Crippen molar-refractivity contribution in [3.8, 4) is 0 Å². The van der Waals surface area contributed by atoms with Crippen LogP contribution >= 0.6 is 0 Å². The molecule has 0 aliphatic heterocycles. The maximum atomic E-state index is 13.0. The summed E-state index contributed by atoms with van der Waals surface area (Å²) in [5.74, 6) is -10.3. The minimum atomic E-state index is -1.83. The third-order valence-corrected chi connectivity index (χ3v) is 5.43. The van der Waals surface area contributed by atoms with Crippen molar-refractivity contribution in [1.29, 1.82) is 0 Å². The first kappa shape index (κ1) is 37.1. The van der Waals surface area contributed by atoms with E-state index in [1.807, 2.05) is 0 Å². The van der Waals surface area contributed by atoms with Crippen molar-refractivity contribution in [1.82, 2.24) is 21.3 Å². The van der Waals surface area contributed by atoms with Crippen LogP contribution in [0.25, 0.3) is 0 Å². The van der Waals surface area contributed by atoms with E-state index in [2.05, 4.69) is 21.3 Å². The van der Waals surface area contributed by atoms with Crippen LogP contribution < -0.4 is 55.7 Å². The molecule has 0 aromatic heterocycles. The van der Waals surface area contributed by atoms with Crippen molar-refractivity contribution in [2.75, 3.05) is 6.54 Å². The number of unbranched alkanes of at least 4 members (excludes halogenated alkanes) is 1. The Hall–Kier alpha value is -4.85. The maximum Gasteiger partial charge on any atom is 0.326 e. The number of carbonyl (C=O) groups excluding carboxylic acids is 8. The lowest BCUT2D eigenvalue weighted by atomic mass is 10.1. The molecule has 0 bridgehead atoms. The van der Waals surface area contributed by atoms with Crippen molar-refractivity contribution in [2.45, 2.75) is 75.2 Å². The smallest absolute Gasteiger partial charge is 0.326 e. The van der Waals surface area contributed by atoms with Crippen LogP contribution in [0, 0.1) is 0 Å². The Balaban J connectivity index is 5.88. The highest BCUT2D eigenvalue weighted by molar-refractivity contribution is 5.99. The number of carboxylic acid groups (broad SMARTS) is 1. The molecule has 0 heterocycles. The van der Waals surface area contributed by atoms with E-state index in [1.165, 1.54) is 0 Å². The third-order valence-electron chi connectivity index (χ3n) is 5.43. The Morgan fingerprint density at radius 2 is 0.857 bits per heavy atom. The van der Waals surface area contributed by atoms with Gasteiger partial charge < -0.3 is 60.8 Å². The second kappa shape index (κ2) is 18.5. The fourth-order valence-corrected chi connectivity index (χ4v) is 3.39. The highest BCUT2D eigenvalue weighted by Gasteiger charge is 2.33. The van der Waals surface area contributed by atoms with E-state index >= 15 is 0 Å². The predicted molar refractivity (Wildman–Crippen MR) is 141 cm³/mol. The Bertz CT molecular complexity index is 1050. The van der Waals surface area contributed by atoms with Crippen molar-refractivity contribution in [3.05, 3.63) is 0 Å². The van der Waals surface area contributed by atoms with Gasteiger partial charge in [-0.05, 0) is 25.8 Å². The molecule has 0 aromatic carbocycles. The zero-order valence-electron chi connectivity index (χ0n) is 22.6. The SMILES string of the molecule is NCCCC[C@H](NC(=O)[C@H](CC(N)=O)NC(=O)[C@H](CC(N)=O)NC(=O)[C@H](CC(N)=O)NC(=O)[C@@H](N)CC(N)=O)C(=O)O. The molecule has 0 spiro atoms. The van der Waals surface area contributed by atoms with E-state index in [1.54, 1.807) is 0 Å². The number of amides is 8. The molecule has 0 fully saturated rings. The van der Waals surface area contributed by atoms with E-state index in [0.29, 0.717) is 12.8 Å². The average molecular weight is 603 g/mol. The zero-order chi connectivity index (χ0) is 32.6. The Morgan fingerprint density at radius 3 is 1.17 bits per heavy atom. The summed E-state index contributed by atoms with van der Waals surface area (Å²) in [6.07, 6.45) is -2.30. The fourth-order valence-electron chi connectivity index (χ4n) is 3.39. The molecule has 0 saturated heterocycles. The summed E-state index contributed by atoms with van der Waals surface area (Å²) in [6.45, 7) is 0.276. The summed E-state index contributed by atoms with van der Waals surface area (Å²) in [7, 11) is 0. The number of primary amides is 4. The summed E-state index contributed by atoms with van der Waals surface area (Å²) in [5.41, 5.74) is 31.3. The van der Waals surface area contributed by atoms with Crippen LogP contribution in [0.2, 0.25) is 0 Å². The molecule has 20 heteroatoms. The third kappa shape index (κ3) is 15.1. The van der Waals surface area contributed by atoms with Crippen molar-refractivity contribution in [2.24, 2.45) is 34.4 Å². The lowest BCUT2D eigenvalue weighted by Crippen LogP contribution is -2.60. The van der Waals surface area contributed by atoms with Gasteiger partial charge in [0.1, 0.15) is 24.2 Å². The Morgan fingerprint density at radius 1 is 0.524 bits per heavy atom. The van der Waals surface area contributed by atoms with Gasteiger partial charge in [-0.25, -0.2) is 4.79 Å². The van der Waals surface area contributed by atoms with Crippen LogP contribution in [0.3, 0.4) is 0 Å². The molecule has 8 amide bonds. The van der Waals surface area contributed by atoms with Gasteiger partial charge in [-0.3, -0.25) is 38.4 Å². The number of nitrogens with one attached hydrogen (secondary N) is 4. The van der Waals surface area contributed by atoms with Crippen molar-refractivity contribution in [3.63, 3.8) is 0 Å². The number of carboxylic acids is 1. The number of nitrogens with two attached hydrogens (primary N) is 6. The Labute approximate surface area is 239 Å². The van der Waals surface area contributed by atoms with Crippen molar-refractivity contribution >= 4 is 53.2 Å². The monoisotopic (exact) mass is 602 g/mol. The predicted octanol–water partition coefficient (Wildman–Crippen LogP) is -7.03. The molecular weight excluding hydrogens is 564 g/mol. The molecule has 0 aliphatic rings. The first-order chi connectivity index (χ1) is 19.5. The lowest BCUT2D eigenvalue weighted by molar-refractivity contribution is -0.142. The molecule has 236 valence electrons. The highest BCUT2D eigenvalue weighted by Crippen LogP contribution is 2.05. The van der Waals surface area contributed by atoms with Gasteiger partial charge in [-0.1, -0.05) is 0 Å². The van der Waals surface area contributed by atoms with Gasteiger partial charge in [0.15, 0.2) is 0 Å². The molecule has 17 N–H and O–H groups in total. The lowest BCUT2D eigenvalue weighted by Gasteiger charge is -2.25. The van der Waals surface area contributed by atoms with Crippen LogP contribution in [0.5, 0.6) is 0 Å². The molecule has 5 atom stereocenters. The molecule has 0 unspecified atom stereocenters. The van der Waals surface area contributed by atoms with Gasteiger partial charge in [-0.15, -0.1) is 0 Å². The number of aliphatic carboxylic acids is 1. The van der Waals surface area contributed by atoms with E-state index in [4.69, 9.17) is 34.4 Å². The summed E-state index contributed by atoms with van der Waals surface area (Å²) in [6, 6.07) is -8.23. The van der Waals surface area contributed by atoms with Gasteiger partial charge in [0, 0.05) is 0 Å². The topological polar surface area (TPSA) is 378 Å². The summed E-state index contributed by atoms with van der Waals surface area (Å²) in [4.78, 5) is 108. The average Bonchev–Trinajstić information content (AvgIpc) is 2.85. The number of hydrogen-bond donors (Lipinski definition) is 11. The molecule has 42 heavy (non-hydrogen) atoms. The van der Waals surface area contributed by atoms with E-state index in [0.717, 1.165) is 0 Å². The quantitative estimate of drug-likeness (QED) is 0.0546. The summed E-state index contributed by atoms with van der Waals surface area (Å²) < 4.78 is 0. The van der Waals surface area contributed by atoms with Gasteiger partial charge >= 0.3 is 5.97 Å². The minimum Gasteiger partial charge on any atom is -0.480 e. The van der Waals surface area contributed by atoms with E-state index in [9.17, 15) is 48.3 Å². The number of rotatable bonds is 21. The summed E-state index contributed by atoms with van der Waals surface area (Å²) >= 11 is 0. The molecule has 0 aliphatic carbocycles. The second-order valence-corrected chi connectivity index (χ2v) is 9.16. The molecule has 20 nitrogen and oxygen atoms in total. The molecule has 0 radical (unpaired) electrons. The van der Waals surface area contributed by atoms with Crippen LogP contribution in [0.4, 0.5) is 0 Å². The largest absolute Gasteiger partial charge is 0.480 e. The van der Waals surface area contributed by atoms with Crippen LogP contribution in [0.15, 0.2) is 0 Å². The molecular formula is C22H38N10O10. The normalized spacial score (nSPS) is 14.1. The summed E-state index contributed by atoms with van der Waals surface area (Å²) in [5, 5.41) is 17.8. The molecule has 0 rings (SSSR count). The van der Waals surface area contributed by atoms with Crippen molar-refractivity contribution < 1.29 is 48.3 Å². The van der Waals surface area contributed by atoms with Crippen LogP contribution in [-0.2, 0) is 43.2 Å². The number of carbonyl (C=O) groups is 9. The standard InChI is InChI=1S/C22H38N10O10/c23-4-2-1-3-10(22(41)42)29-19(38)12(7-16(27)35)31-21(40)13(8-17(28)36)32-20(39)11(6-15(26)34)30-18(37)9(24)5-14(25)33/h9-13H,1-8,23-24H2,(H2,25,33)(H2,26,34)(H2,27,35)(H2,28,36)(H,29,38)(H,30,37)(H,31,40)(H,32,39)(H,41,42)/t9-,10-,11-,12-,13-/m0/s1. The number of hydrogen-bond acceptors (Lipinski definition) is 11. The minimum absolute atomic E-state index is 0.0219. The molecule has 0 aromatic rings. The second-order valence-electron chi connectivity index (χ2n) is 9.16. The van der Waals surface area contributed by atoms with Gasteiger partial charge in [0.25, 0.3) is 0 Å². The van der Waals surface area contributed by atoms with Gasteiger partial charge in [0.05, 0.1) is 31.7 Å². The molecule has 0 saturated carbocycles.